The smallest absolute Gasteiger partial charge is 0.137 e. The summed E-state index contributed by atoms with van der Waals surface area (Å²) in [4.78, 5) is 3.89. The zero-order valence-electron chi connectivity index (χ0n) is 16.0. The van der Waals surface area contributed by atoms with Crippen molar-refractivity contribution >= 4 is 15.9 Å². The van der Waals surface area contributed by atoms with Gasteiger partial charge in [0.1, 0.15) is 29.9 Å². The van der Waals surface area contributed by atoms with E-state index in [9.17, 15) is 13.9 Å². The SMILES string of the molecule is C[C@@H](n1nccc1-c1ccc(Br)cc1)[C@](O)(Cn1cncn1)c1ccc(F)cc1F. The van der Waals surface area contributed by atoms with Gasteiger partial charge in [0.15, 0.2) is 0 Å². The molecule has 2 heterocycles. The lowest BCUT2D eigenvalue weighted by Crippen LogP contribution is -2.41. The number of nitrogens with zero attached hydrogens (tertiary/aromatic N) is 5. The standard InChI is InChI=1S/C21H18BrF2N5O/c1-14(29-20(8-9-26-29)15-2-4-16(22)5-3-15)21(30,11-28-13-25-12-27-28)18-7-6-17(23)10-19(18)24/h2-10,12-14,30H,11H2,1H3/t14-,21-/m1/s1. The van der Waals surface area contributed by atoms with Crippen molar-refractivity contribution in [2.45, 2.75) is 25.1 Å². The molecule has 0 aliphatic heterocycles. The Hall–Kier alpha value is -2.91. The molecule has 6 nitrogen and oxygen atoms in total. The van der Waals surface area contributed by atoms with Gasteiger partial charge in [0.25, 0.3) is 0 Å². The van der Waals surface area contributed by atoms with Crippen molar-refractivity contribution in [3.63, 3.8) is 0 Å². The zero-order chi connectivity index (χ0) is 21.3. The van der Waals surface area contributed by atoms with Gasteiger partial charge in [0.2, 0.25) is 0 Å². The average Bonchev–Trinajstić information content (AvgIpc) is 3.39. The summed E-state index contributed by atoms with van der Waals surface area (Å²) in [7, 11) is 0. The molecular weight excluding hydrogens is 456 g/mol. The first kappa shape index (κ1) is 20.4. The van der Waals surface area contributed by atoms with Crippen LogP contribution in [0.5, 0.6) is 0 Å². The van der Waals surface area contributed by atoms with E-state index < -0.39 is 23.3 Å². The highest BCUT2D eigenvalue weighted by Gasteiger charge is 2.41. The molecule has 0 spiro atoms. The van der Waals surface area contributed by atoms with Crippen LogP contribution in [-0.4, -0.2) is 29.7 Å². The molecule has 0 saturated heterocycles. The molecule has 1 N–H and O–H groups in total. The van der Waals surface area contributed by atoms with E-state index in [0.29, 0.717) is 0 Å². The van der Waals surface area contributed by atoms with Crippen LogP contribution in [0.4, 0.5) is 8.78 Å². The van der Waals surface area contributed by atoms with Crippen LogP contribution in [-0.2, 0) is 12.1 Å². The number of hydrogen-bond acceptors (Lipinski definition) is 4. The topological polar surface area (TPSA) is 68.8 Å². The maximum atomic E-state index is 14.8. The fourth-order valence-electron chi connectivity index (χ4n) is 3.52. The van der Waals surface area contributed by atoms with E-state index in [0.717, 1.165) is 27.9 Å². The van der Waals surface area contributed by atoms with Crippen LogP contribution in [0, 0.1) is 11.6 Å². The molecule has 4 rings (SSSR count). The number of hydrogen-bond donors (Lipinski definition) is 1. The third-order valence-electron chi connectivity index (χ3n) is 5.14. The molecule has 0 amide bonds. The second-order valence-corrected chi connectivity index (χ2v) is 7.90. The predicted molar refractivity (Wildman–Crippen MR) is 110 cm³/mol. The Kier molecular flexibility index (Phi) is 5.48. The molecule has 4 aromatic rings. The van der Waals surface area contributed by atoms with Gasteiger partial charge in [0, 0.05) is 22.3 Å². The Morgan fingerprint density at radius 3 is 2.53 bits per heavy atom. The third kappa shape index (κ3) is 3.78. The van der Waals surface area contributed by atoms with Gasteiger partial charge in [0.05, 0.1) is 18.3 Å². The summed E-state index contributed by atoms with van der Waals surface area (Å²) >= 11 is 3.42. The number of benzene rings is 2. The van der Waals surface area contributed by atoms with Gasteiger partial charge in [-0.15, -0.1) is 0 Å². The lowest BCUT2D eigenvalue weighted by atomic mass is 9.86. The van der Waals surface area contributed by atoms with Crippen molar-refractivity contribution < 1.29 is 13.9 Å². The van der Waals surface area contributed by atoms with Crippen LogP contribution < -0.4 is 0 Å². The average molecular weight is 474 g/mol. The normalized spacial score (nSPS) is 14.4. The van der Waals surface area contributed by atoms with Gasteiger partial charge in [-0.3, -0.25) is 4.68 Å². The van der Waals surface area contributed by atoms with E-state index >= 15 is 0 Å². The molecule has 0 saturated carbocycles. The van der Waals surface area contributed by atoms with Crippen LogP contribution in [0.2, 0.25) is 0 Å². The van der Waals surface area contributed by atoms with E-state index in [1.54, 1.807) is 17.8 Å². The summed E-state index contributed by atoms with van der Waals surface area (Å²) in [5.41, 5.74) is -0.217. The molecule has 2 aromatic carbocycles. The van der Waals surface area contributed by atoms with Crippen LogP contribution in [0.1, 0.15) is 18.5 Å². The van der Waals surface area contributed by atoms with E-state index in [1.165, 1.54) is 23.4 Å². The van der Waals surface area contributed by atoms with Crippen molar-refractivity contribution in [2.75, 3.05) is 0 Å². The summed E-state index contributed by atoms with van der Waals surface area (Å²) in [5, 5.41) is 20.2. The van der Waals surface area contributed by atoms with Crippen molar-refractivity contribution in [3.05, 3.63) is 89.1 Å². The molecule has 2 atom stereocenters. The fourth-order valence-corrected chi connectivity index (χ4v) is 3.78. The first-order valence-corrected chi connectivity index (χ1v) is 9.97. The van der Waals surface area contributed by atoms with Crippen molar-refractivity contribution in [2.24, 2.45) is 0 Å². The van der Waals surface area contributed by atoms with Gasteiger partial charge in [-0.05, 0) is 36.8 Å². The Bertz CT molecular complexity index is 1150. The van der Waals surface area contributed by atoms with E-state index in [2.05, 4.69) is 31.1 Å². The van der Waals surface area contributed by atoms with Gasteiger partial charge >= 0.3 is 0 Å². The molecule has 0 bridgehead atoms. The molecule has 0 aliphatic rings. The second-order valence-electron chi connectivity index (χ2n) is 6.99. The lowest BCUT2D eigenvalue weighted by Gasteiger charge is -2.35. The summed E-state index contributed by atoms with van der Waals surface area (Å²) in [5.74, 6) is -1.57. The summed E-state index contributed by atoms with van der Waals surface area (Å²) in [6, 6.07) is 11.9. The number of aromatic nitrogens is 5. The quantitative estimate of drug-likeness (QED) is 0.452. The van der Waals surface area contributed by atoms with Crippen LogP contribution in [0.3, 0.4) is 0 Å². The van der Waals surface area contributed by atoms with Crippen LogP contribution in [0.25, 0.3) is 11.3 Å². The van der Waals surface area contributed by atoms with Crippen molar-refractivity contribution in [3.8, 4) is 11.3 Å². The second kappa shape index (κ2) is 8.08. The Balaban J connectivity index is 1.82. The predicted octanol–water partition coefficient (Wildman–Crippen LogP) is 4.33. The molecule has 30 heavy (non-hydrogen) atoms. The first-order chi connectivity index (χ1) is 14.4. The monoisotopic (exact) mass is 473 g/mol. The highest BCUT2D eigenvalue weighted by Crippen LogP contribution is 2.38. The molecule has 9 heteroatoms. The molecule has 0 aliphatic carbocycles. The Morgan fingerprint density at radius 1 is 1.10 bits per heavy atom. The highest BCUT2D eigenvalue weighted by molar-refractivity contribution is 9.10. The molecule has 154 valence electrons. The maximum Gasteiger partial charge on any atom is 0.137 e. The zero-order valence-corrected chi connectivity index (χ0v) is 17.5. The minimum absolute atomic E-state index is 0.0517. The number of halogens is 3. The van der Waals surface area contributed by atoms with Gasteiger partial charge in [-0.25, -0.2) is 18.4 Å². The molecule has 0 radical (unpaired) electrons. The summed E-state index contributed by atoms with van der Waals surface area (Å²) in [6.07, 6.45) is 4.37. The van der Waals surface area contributed by atoms with Crippen LogP contribution >= 0.6 is 15.9 Å². The minimum atomic E-state index is -1.79. The lowest BCUT2D eigenvalue weighted by molar-refractivity contribution is -0.0363. The summed E-state index contributed by atoms with van der Waals surface area (Å²) in [6.45, 7) is 1.63. The Labute approximate surface area is 179 Å². The minimum Gasteiger partial charge on any atom is -0.381 e. The first-order valence-electron chi connectivity index (χ1n) is 9.18. The van der Waals surface area contributed by atoms with E-state index in [4.69, 9.17) is 0 Å². The fraction of sp³-hybridized carbons (Fsp3) is 0.190. The maximum absolute atomic E-state index is 14.8. The van der Waals surface area contributed by atoms with E-state index in [1.807, 2.05) is 30.3 Å². The van der Waals surface area contributed by atoms with E-state index in [-0.39, 0.29) is 12.1 Å². The number of aliphatic hydroxyl groups is 1. The van der Waals surface area contributed by atoms with Crippen LogP contribution in [0.15, 0.2) is 71.9 Å². The van der Waals surface area contributed by atoms with Gasteiger partial charge in [-0.1, -0.05) is 34.1 Å². The van der Waals surface area contributed by atoms with Gasteiger partial charge < -0.3 is 5.11 Å². The molecule has 0 unspecified atom stereocenters. The highest BCUT2D eigenvalue weighted by atomic mass is 79.9. The number of rotatable bonds is 6. The van der Waals surface area contributed by atoms with Gasteiger partial charge in [-0.2, -0.15) is 10.2 Å². The largest absolute Gasteiger partial charge is 0.381 e. The molecule has 0 fully saturated rings. The molecular formula is C21H18BrF2N5O. The van der Waals surface area contributed by atoms with Crippen molar-refractivity contribution in [1.29, 1.82) is 0 Å². The van der Waals surface area contributed by atoms with Crippen molar-refractivity contribution in [1.82, 2.24) is 24.5 Å². The summed E-state index contributed by atoms with van der Waals surface area (Å²) < 4.78 is 32.3. The Morgan fingerprint density at radius 2 is 1.87 bits per heavy atom. The molecule has 2 aromatic heterocycles. The third-order valence-corrected chi connectivity index (χ3v) is 5.66.